The quantitative estimate of drug-likeness (QED) is 0.219. The zero-order valence-corrected chi connectivity index (χ0v) is 14.4. The van der Waals surface area contributed by atoms with Crippen LogP contribution in [0.3, 0.4) is 0 Å². The van der Waals surface area contributed by atoms with Crippen molar-refractivity contribution >= 4 is 38.1 Å². The van der Waals surface area contributed by atoms with Crippen molar-refractivity contribution in [2.45, 2.75) is 4.90 Å². The lowest BCUT2D eigenvalue weighted by Gasteiger charge is -2.04. The van der Waals surface area contributed by atoms with E-state index in [2.05, 4.69) is 15.2 Å². The summed E-state index contributed by atoms with van der Waals surface area (Å²) in [5.41, 5.74) is -2.87. The van der Waals surface area contributed by atoms with Gasteiger partial charge in [-0.3, -0.25) is 19.5 Å². The molecule has 0 aliphatic rings. The molecule has 2 aromatic carbocycles. The molecule has 0 spiro atoms. The maximum absolute atomic E-state index is 12.1. The van der Waals surface area contributed by atoms with Crippen LogP contribution >= 0.6 is 0 Å². The standard InChI is InChI=1S/C15H10N4O8S/c20-13-8-3-1-2-4-9(8)16-15(22)12(13)18-17-10-5-7(28(25,26)27)6-11(14(10)21)19(23)24/h1-6,21H,(H2,16,20,22)(H,25,26,27). The Morgan fingerprint density at radius 3 is 2.39 bits per heavy atom. The highest BCUT2D eigenvalue weighted by Crippen LogP contribution is 2.40. The highest BCUT2D eigenvalue weighted by atomic mass is 32.2. The third kappa shape index (κ3) is 3.38. The van der Waals surface area contributed by atoms with Gasteiger partial charge in [0.25, 0.3) is 15.7 Å². The lowest BCUT2D eigenvalue weighted by Crippen LogP contribution is -2.05. The van der Waals surface area contributed by atoms with Gasteiger partial charge in [-0.1, -0.05) is 12.1 Å². The smallest absolute Gasteiger partial charge is 0.314 e. The Balaban J connectivity index is 2.20. The molecule has 0 bridgehead atoms. The van der Waals surface area contributed by atoms with Crippen LogP contribution in [-0.2, 0) is 10.1 Å². The minimum absolute atomic E-state index is 0.234. The van der Waals surface area contributed by atoms with Crippen LogP contribution in [0.5, 0.6) is 11.5 Å². The van der Waals surface area contributed by atoms with Gasteiger partial charge in [0.15, 0.2) is 11.4 Å². The summed E-state index contributed by atoms with van der Waals surface area (Å²) in [6, 6.07) is 7.28. The SMILES string of the molecule is O=c1[nH]c2ccccc2c(O)c1N=Nc1cc(S(=O)(=O)O)cc([N+](=O)[O-])c1O. The van der Waals surface area contributed by atoms with E-state index in [0.29, 0.717) is 17.6 Å². The van der Waals surface area contributed by atoms with Gasteiger partial charge in [0, 0.05) is 11.5 Å². The molecule has 0 radical (unpaired) electrons. The first-order chi connectivity index (χ1) is 13.1. The third-order valence-electron chi connectivity index (χ3n) is 3.67. The zero-order valence-electron chi connectivity index (χ0n) is 13.6. The van der Waals surface area contributed by atoms with Gasteiger partial charge in [-0.05, 0) is 18.2 Å². The second-order valence-electron chi connectivity index (χ2n) is 5.44. The molecule has 13 heteroatoms. The third-order valence-corrected chi connectivity index (χ3v) is 4.50. The minimum Gasteiger partial charge on any atom is -0.505 e. The highest BCUT2D eigenvalue weighted by Gasteiger charge is 2.24. The Morgan fingerprint density at radius 2 is 1.75 bits per heavy atom. The van der Waals surface area contributed by atoms with Gasteiger partial charge in [-0.25, -0.2) is 0 Å². The van der Waals surface area contributed by atoms with Gasteiger partial charge in [0.2, 0.25) is 5.75 Å². The number of pyridine rings is 1. The van der Waals surface area contributed by atoms with Gasteiger partial charge >= 0.3 is 5.69 Å². The monoisotopic (exact) mass is 406 g/mol. The summed E-state index contributed by atoms with van der Waals surface area (Å²) in [6.07, 6.45) is 0. The van der Waals surface area contributed by atoms with Crippen LogP contribution in [0.25, 0.3) is 10.9 Å². The predicted octanol–water partition coefficient (Wildman–Crippen LogP) is 2.51. The molecule has 4 N–H and O–H groups in total. The fraction of sp³-hybridized carbons (Fsp3) is 0. The second kappa shape index (κ2) is 6.71. The van der Waals surface area contributed by atoms with Gasteiger partial charge in [0.05, 0.1) is 10.4 Å². The summed E-state index contributed by atoms with van der Waals surface area (Å²) in [6.45, 7) is 0. The first-order valence-electron chi connectivity index (χ1n) is 7.34. The zero-order chi connectivity index (χ0) is 20.6. The Morgan fingerprint density at radius 1 is 1.07 bits per heavy atom. The van der Waals surface area contributed by atoms with Crippen LogP contribution in [0.15, 0.2) is 56.3 Å². The van der Waals surface area contributed by atoms with Crippen molar-refractivity contribution in [2.75, 3.05) is 0 Å². The number of benzene rings is 2. The predicted molar refractivity (Wildman–Crippen MR) is 95.0 cm³/mol. The van der Waals surface area contributed by atoms with E-state index in [1.807, 2.05) is 0 Å². The van der Waals surface area contributed by atoms with Crippen molar-refractivity contribution in [3.05, 3.63) is 56.9 Å². The van der Waals surface area contributed by atoms with Crippen molar-refractivity contribution in [3.63, 3.8) is 0 Å². The summed E-state index contributed by atoms with van der Waals surface area (Å²) in [5.74, 6) is -1.58. The number of hydrogen-bond donors (Lipinski definition) is 4. The average molecular weight is 406 g/mol. The van der Waals surface area contributed by atoms with Gasteiger partial charge < -0.3 is 15.2 Å². The number of phenols is 1. The number of phenolic OH excluding ortho intramolecular Hbond substituents is 1. The molecule has 0 atom stereocenters. The number of para-hydroxylation sites is 1. The largest absolute Gasteiger partial charge is 0.505 e. The summed E-state index contributed by atoms with van der Waals surface area (Å²) >= 11 is 0. The number of aromatic nitrogens is 1. The topological polar surface area (TPSA) is 196 Å². The van der Waals surface area contributed by atoms with E-state index in [-0.39, 0.29) is 5.39 Å². The first kappa shape index (κ1) is 18.9. The van der Waals surface area contributed by atoms with E-state index in [1.54, 1.807) is 12.1 Å². The number of nitro groups is 1. The van der Waals surface area contributed by atoms with Crippen LogP contribution < -0.4 is 5.56 Å². The number of hydrogen-bond acceptors (Lipinski definition) is 9. The average Bonchev–Trinajstić information content (AvgIpc) is 2.61. The molecule has 144 valence electrons. The molecule has 0 saturated carbocycles. The minimum atomic E-state index is -4.86. The lowest BCUT2D eigenvalue weighted by atomic mass is 10.2. The first-order valence-corrected chi connectivity index (χ1v) is 8.78. The van der Waals surface area contributed by atoms with Crippen molar-refractivity contribution in [1.82, 2.24) is 4.98 Å². The van der Waals surface area contributed by atoms with E-state index in [0.717, 1.165) is 0 Å². The van der Waals surface area contributed by atoms with Crippen LogP contribution in [0.1, 0.15) is 0 Å². The molecule has 1 aromatic heterocycles. The van der Waals surface area contributed by atoms with E-state index in [1.165, 1.54) is 12.1 Å². The van der Waals surface area contributed by atoms with Crippen molar-refractivity contribution < 1.29 is 28.1 Å². The molecule has 3 aromatic rings. The summed E-state index contributed by atoms with van der Waals surface area (Å²) in [4.78, 5) is 23.5. The maximum atomic E-state index is 12.1. The fourth-order valence-electron chi connectivity index (χ4n) is 2.36. The number of rotatable bonds is 4. The van der Waals surface area contributed by atoms with E-state index in [4.69, 9.17) is 4.55 Å². The van der Waals surface area contributed by atoms with Crippen LogP contribution in [0.2, 0.25) is 0 Å². The summed E-state index contributed by atoms with van der Waals surface area (Å²) < 4.78 is 31.7. The van der Waals surface area contributed by atoms with Gasteiger partial charge in [-0.2, -0.15) is 8.42 Å². The van der Waals surface area contributed by atoms with Gasteiger partial charge in [-0.15, -0.1) is 10.2 Å². The van der Waals surface area contributed by atoms with Crippen molar-refractivity contribution in [2.24, 2.45) is 10.2 Å². The van der Waals surface area contributed by atoms with E-state index >= 15 is 0 Å². The molecule has 0 amide bonds. The molecule has 3 rings (SSSR count). The van der Waals surface area contributed by atoms with Crippen LogP contribution in [-0.4, -0.2) is 33.1 Å². The summed E-state index contributed by atoms with van der Waals surface area (Å²) in [7, 11) is -4.86. The molecule has 12 nitrogen and oxygen atoms in total. The Kier molecular flexibility index (Phi) is 4.54. The highest BCUT2D eigenvalue weighted by molar-refractivity contribution is 7.85. The number of fused-ring (bicyclic) bond motifs is 1. The Hall–Kier alpha value is -3.84. The number of azo groups is 1. The lowest BCUT2D eigenvalue weighted by molar-refractivity contribution is -0.386. The molecule has 0 unspecified atom stereocenters. The Bertz CT molecular complexity index is 1310. The fourth-order valence-corrected chi connectivity index (χ4v) is 2.88. The van der Waals surface area contributed by atoms with Crippen LogP contribution in [0.4, 0.5) is 17.1 Å². The van der Waals surface area contributed by atoms with Crippen molar-refractivity contribution in [3.8, 4) is 11.5 Å². The number of aromatic amines is 1. The maximum Gasteiger partial charge on any atom is 0.314 e. The molecule has 0 aliphatic carbocycles. The van der Waals surface area contributed by atoms with E-state index in [9.17, 15) is 33.5 Å². The second-order valence-corrected chi connectivity index (χ2v) is 6.86. The van der Waals surface area contributed by atoms with Crippen molar-refractivity contribution in [1.29, 1.82) is 0 Å². The molecule has 0 aliphatic heterocycles. The molecule has 28 heavy (non-hydrogen) atoms. The number of nitrogens with one attached hydrogen (secondary N) is 1. The molecule has 1 heterocycles. The van der Waals surface area contributed by atoms with E-state index < -0.39 is 54.1 Å². The number of aromatic hydroxyl groups is 2. The molecule has 0 saturated heterocycles. The normalized spacial score (nSPS) is 11.9. The Labute approximate surface area is 155 Å². The van der Waals surface area contributed by atoms with Gasteiger partial charge in [0.1, 0.15) is 10.6 Å². The molecular formula is C15H10N4O8S. The van der Waals surface area contributed by atoms with Crippen LogP contribution in [0, 0.1) is 10.1 Å². The molecule has 0 fully saturated rings. The number of H-pyrrole nitrogens is 1. The number of nitrogens with zero attached hydrogens (tertiary/aromatic N) is 3. The molecular weight excluding hydrogens is 396 g/mol. The summed E-state index contributed by atoms with van der Waals surface area (Å²) in [5, 5.41) is 38.3. The number of nitro benzene ring substituents is 1.